The first-order valence-corrected chi connectivity index (χ1v) is 14.8. The second-order valence-electron chi connectivity index (χ2n) is 11.7. The highest BCUT2D eigenvalue weighted by Gasteiger charge is 2.35. The fraction of sp³-hybridized carbons (Fsp3) is 0.312. The van der Waals surface area contributed by atoms with Crippen molar-refractivity contribution in [2.24, 2.45) is 5.73 Å². The number of fused-ring (bicyclic) bond motifs is 1. The number of ether oxygens (including phenoxy) is 1. The number of likely N-dealkylation sites (tertiary alicyclic amines) is 1. The first-order chi connectivity index (χ1) is 22.8. The summed E-state index contributed by atoms with van der Waals surface area (Å²) in [6, 6.07) is 7.91. The summed E-state index contributed by atoms with van der Waals surface area (Å²) in [6.45, 7) is 2.41. The maximum Gasteiger partial charge on any atom is 0.277 e. The van der Waals surface area contributed by atoms with Gasteiger partial charge in [-0.2, -0.15) is 4.39 Å². The number of nitrogens with zero attached hydrogens (tertiary/aromatic N) is 5. The molecule has 2 aromatic heterocycles. The SMILES string of the molecule is CCc1cc(Nc2nccn3c(-c4ccc(OC)c(F)c4F)cnc23)ccc1C(=O)NC1CN(C(=O)C[N+](C)(C)CC(N)=O)C1.O=C[O-]. The molecule has 1 saturated heterocycles. The average Bonchev–Trinajstić information content (AvgIpc) is 3.44. The third kappa shape index (κ3) is 7.83. The highest BCUT2D eigenvalue weighted by molar-refractivity contribution is 5.96. The van der Waals surface area contributed by atoms with E-state index < -0.39 is 24.0 Å². The van der Waals surface area contributed by atoms with Crippen molar-refractivity contribution in [3.05, 3.63) is 71.7 Å². The number of rotatable bonds is 11. The fourth-order valence-corrected chi connectivity index (χ4v) is 5.40. The molecule has 16 heteroatoms. The highest BCUT2D eigenvalue weighted by Crippen LogP contribution is 2.31. The monoisotopic (exact) mass is 666 g/mol. The second-order valence-corrected chi connectivity index (χ2v) is 11.7. The fourth-order valence-electron chi connectivity index (χ4n) is 5.40. The van der Waals surface area contributed by atoms with Crippen LogP contribution in [0, 0.1) is 11.6 Å². The smallest absolute Gasteiger partial charge is 0.277 e. The number of nitrogens with one attached hydrogen (secondary N) is 2. The van der Waals surface area contributed by atoms with Crippen molar-refractivity contribution >= 4 is 41.3 Å². The van der Waals surface area contributed by atoms with Crippen LogP contribution in [0.1, 0.15) is 22.8 Å². The van der Waals surface area contributed by atoms with Gasteiger partial charge >= 0.3 is 0 Å². The van der Waals surface area contributed by atoms with Gasteiger partial charge in [0.1, 0.15) is 0 Å². The van der Waals surface area contributed by atoms with Crippen LogP contribution in [-0.4, -0.2) is 101 Å². The maximum atomic E-state index is 14.8. The number of likely N-dealkylation sites (N-methyl/N-ethyl adjacent to an activating group) is 1. The second kappa shape index (κ2) is 14.8. The number of halogens is 2. The summed E-state index contributed by atoms with van der Waals surface area (Å²) in [7, 11) is 4.80. The van der Waals surface area contributed by atoms with Crippen molar-refractivity contribution in [1.29, 1.82) is 0 Å². The van der Waals surface area contributed by atoms with Gasteiger partial charge in [-0.15, -0.1) is 0 Å². The Morgan fingerprint density at radius 1 is 1.12 bits per heavy atom. The number of amides is 3. The van der Waals surface area contributed by atoms with Gasteiger partial charge in [-0.3, -0.25) is 18.8 Å². The van der Waals surface area contributed by atoms with E-state index in [1.807, 2.05) is 13.0 Å². The Balaban J connectivity index is 0.00000167. The molecule has 0 aliphatic carbocycles. The maximum absolute atomic E-state index is 14.8. The van der Waals surface area contributed by atoms with E-state index in [9.17, 15) is 23.2 Å². The number of benzene rings is 2. The Hall–Kier alpha value is -5.64. The minimum Gasteiger partial charge on any atom is -0.554 e. The molecule has 0 spiro atoms. The Morgan fingerprint density at radius 3 is 2.48 bits per heavy atom. The lowest BCUT2D eigenvalue weighted by molar-refractivity contribution is -0.874. The number of carbonyl (C=O) groups excluding carboxylic acids is 4. The van der Waals surface area contributed by atoms with Gasteiger partial charge in [0.05, 0.1) is 39.1 Å². The summed E-state index contributed by atoms with van der Waals surface area (Å²) in [6.07, 6.45) is 5.14. The summed E-state index contributed by atoms with van der Waals surface area (Å²) >= 11 is 0. The number of aryl methyl sites for hydroxylation is 1. The normalized spacial score (nSPS) is 12.8. The van der Waals surface area contributed by atoms with Crippen molar-refractivity contribution < 1.29 is 42.3 Å². The van der Waals surface area contributed by atoms with Gasteiger partial charge in [0.2, 0.25) is 5.82 Å². The summed E-state index contributed by atoms with van der Waals surface area (Å²) < 4.78 is 35.9. The van der Waals surface area contributed by atoms with Crippen molar-refractivity contribution in [1.82, 2.24) is 24.6 Å². The summed E-state index contributed by atoms with van der Waals surface area (Å²) in [5, 5.41) is 14.5. The zero-order valence-corrected chi connectivity index (χ0v) is 26.8. The summed E-state index contributed by atoms with van der Waals surface area (Å²) in [5.41, 5.74) is 7.99. The van der Waals surface area contributed by atoms with Gasteiger partial charge in [0.25, 0.3) is 17.7 Å². The number of primary amides is 1. The number of nitrogens with two attached hydrogens (primary N) is 1. The van der Waals surface area contributed by atoms with Gasteiger partial charge in [-0.1, -0.05) is 6.92 Å². The van der Waals surface area contributed by atoms with Gasteiger partial charge in [-0.25, -0.2) is 14.4 Å². The van der Waals surface area contributed by atoms with E-state index in [4.69, 9.17) is 20.4 Å². The number of anilines is 2. The van der Waals surface area contributed by atoms with Crippen molar-refractivity contribution in [2.75, 3.05) is 52.7 Å². The van der Waals surface area contributed by atoms with Gasteiger partial charge < -0.3 is 40.4 Å². The van der Waals surface area contributed by atoms with Crippen LogP contribution in [0.3, 0.4) is 0 Å². The lowest BCUT2D eigenvalue weighted by Crippen LogP contribution is -2.63. The molecule has 0 radical (unpaired) electrons. The zero-order valence-electron chi connectivity index (χ0n) is 26.8. The van der Waals surface area contributed by atoms with Crippen LogP contribution in [-0.2, 0) is 20.8 Å². The number of quaternary nitrogens is 1. The molecule has 0 bridgehead atoms. The van der Waals surface area contributed by atoms with Crippen LogP contribution >= 0.6 is 0 Å². The Morgan fingerprint density at radius 2 is 1.83 bits per heavy atom. The lowest BCUT2D eigenvalue weighted by Gasteiger charge is -2.41. The number of carbonyl (C=O) groups is 4. The standard InChI is InChI=1S/C31H34F2N8O4.CH2O2/c1-5-18-12-19(6-7-21(18)31(44)38-20-14-39(15-20)26(43)17-41(2,3)16-25(34)42)37-29-30-36-13-23(40(30)11-10-35-29)22-8-9-24(45-4)28(33)27(22)32;2-1-3/h6-13,20H,5,14-17H2,1-4H3,(H3-,34,35,37,38,42,44);1H,(H,2,3). The molecule has 5 rings (SSSR count). The van der Waals surface area contributed by atoms with E-state index in [0.717, 1.165) is 5.56 Å². The Kier molecular flexibility index (Phi) is 10.9. The molecule has 1 aliphatic heterocycles. The lowest BCUT2D eigenvalue weighted by atomic mass is 10.0. The third-order valence-electron chi connectivity index (χ3n) is 7.68. The quantitative estimate of drug-likeness (QED) is 0.154. The first-order valence-electron chi connectivity index (χ1n) is 14.8. The molecule has 1 aliphatic rings. The van der Waals surface area contributed by atoms with E-state index in [1.54, 1.807) is 41.7 Å². The number of methoxy groups -OCH3 is 1. The van der Waals surface area contributed by atoms with Crippen molar-refractivity contribution in [2.45, 2.75) is 19.4 Å². The Labute approximate surface area is 274 Å². The molecule has 1 fully saturated rings. The van der Waals surface area contributed by atoms with Crippen LogP contribution in [0.25, 0.3) is 16.9 Å². The van der Waals surface area contributed by atoms with Gasteiger partial charge in [0, 0.05) is 48.8 Å². The molecule has 4 aromatic rings. The van der Waals surface area contributed by atoms with E-state index >= 15 is 0 Å². The molecule has 3 amide bonds. The molecule has 0 unspecified atom stereocenters. The summed E-state index contributed by atoms with van der Waals surface area (Å²) in [4.78, 5) is 55.7. The minimum atomic E-state index is -1.09. The van der Waals surface area contributed by atoms with E-state index in [1.165, 1.54) is 31.6 Å². The van der Waals surface area contributed by atoms with Gasteiger partial charge in [-0.05, 0) is 42.3 Å². The van der Waals surface area contributed by atoms with Crippen molar-refractivity contribution in [3.63, 3.8) is 0 Å². The largest absolute Gasteiger partial charge is 0.554 e. The highest BCUT2D eigenvalue weighted by atomic mass is 19.2. The molecule has 48 heavy (non-hydrogen) atoms. The Bertz CT molecular complexity index is 1840. The summed E-state index contributed by atoms with van der Waals surface area (Å²) in [5.74, 6) is -2.77. The van der Waals surface area contributed by atoms with Crippen LogP contribution in [0.15, 0.2) is 48.9 Å². The van der Waals surface area contributed by atoms with E-state index in [0.29, 0.717) is 47.9 Å². The molecular weight excluding hydrogens is 630 g/mol. The van der Waals surface area contributed by atoms with Crippen LogP contribution in [0.4, 0.5) is 20.3 Å². The molecular formula is C32H36F2N8O6. The van der Waals surface area contributed by atoms with Gasteiger partial charge in [0.15, 0.2) is 36.1 Å². The van der Waals surface area contributed by atoms with Crippen LogP contribution < -0.4 is 26.2 Å². The predicted octanol–water partition coefficient (Wildman–Crippen LogP) is 0.858. The first kappa shape index (κ1) is 35.2. The molecule has 254 valence electrons. The molecule has 0 saturated carbocycles. The number of carboxylic acid groups (broad SMARTS) is 1. The minimum absolute atomic E-state index is 0.0200. The predicted molar refractivity (Wildman–Crippen MR) is 169 cm³/mol. The molecule has 3 heterocycles. The molecule has 4 N–H and O–H groups in total. The van der Waals surface area contributed by atoms with E-state index in [2.05, 4.69) is 20.6 Å². The average molecular weight is 667 g/mol. The molecule has 14 nitrogen and oxygen atoms in total. The molecule has 2 aromatic carbocycles. The number of imidazole rings is 1. The van der Waals surface area contributed by atoms with Crippen molar-refractivity contribution in [3.8, 4) is 17.0 Å². The number of aromatic nitrogens is 3. The number of hydrogen-bond donors (Lipinski definition) is 3. The molecule has 0 atom stereocenters. The number of hydrogen-bond acceptors (Lipinski definition) is 9. The zero-order chi connectivity index (χ0) is 35.2. The van der Waals surface area contributed by atoms with Crippen LogP contribution in [0.2, 0.25) is 0 Å². The topological polar surface area (TPSA) is 184 Å². The third-order valence-corrected chi connectivity index (χ3v) is 7.68. The van der Waals surface area contributed by atoms with Crippen LogP contribution in [0.5, 0.6) is 5.75 Å². The van der Waals surface area contributed by atoms with E-state index in [-0.39, 0.29) is 46.7 Å².